The van der Waals surface area contributed by atoms with Crippen LogP contribution >= 0.6 is 0 Å². The maximum absolute atomic E-state index is 5.57. The van der Waals surface area contributed by atoms with Gasteiger partial charge in [-0.2, -0.15) is 0 Å². The molecule has 2 aliphatic heterocycles. The predicted octanol–water partition coefficient (Wildman–Crippen LogP) is 14.7. The van der Waals surface area contributed by atoms with Gasteiger partial charge in [0.25, 0.3) is 0 Å². The number of rotatable bonds is 28. The number of hydrogen-bond donors (Lipinski definition) is 2. The summed E-state index contributed by atoms with van der Waals surface area (Å²) >= 11 is 0.684. The molecule has 0 saturated heterocycles. The predicted molar refractivity (Wildman–Crippen MR) is 292 cm³/mol. The van der Waals surface area contributed by atoms with Crippen molar-refractivity contribution in [3.8, 4) is 43.3 Å². The third kappa shape index (κ3) is 12.3. The third-order valence-electron chi connectivity index (χ3n) is 13.8. The number of nitrogens with one attached hydrogen (secondary N) is 2. The van der Waals surface area contributed by atoms with Crippen molar-refractivity contribution in [3.63, 3.8) is 0 Å². The molecule has 8 bridgehead atoms. The molecule has 12 heteroatoms. The minimum atomic E-state index is 0.158. The van der Waals surface area contributed by atoms with E-state index in [0.717, 1.165) is 71.6 Å². The number of fused-ring (bicyclic) bond motifs is 20. The second-order valence-electron chi connectivity index (χ2n) is 19.5. The molecule has 8 nitrogen and oxygen atoms in total. The van der Waals surface area contributed by atoms with E-state index in [1.807, 2.05) is 0 Å². The maximum atomic E-state index is 5.57. The van der Waals surface area contributed by atoms with Gasteiger partial charge in [-0.3, -0.25) is 0 Å². The van der Waals surface area contributed by atoms with Crippen LogP contribution in [0.2, 0.25) is 0 Å². The van der Waals surface area contributed by atoms with Gasteiger partial charge in [0.1, 0.15) is 0 Å². The Morgan fingerprint density at radius 2 is 0.647 bits per heavy atom. The summed E-state index contributed by atoms with van der Waals surface area (Å²) in [5.74, 6) is 3.23. The molecule has 0 spiro atoms. The van der Waals surface area contributed by atoms with Crippen LogP contribution in [0.5, 0.6) is 0 Å². The Bertz CT molecular complexity index is 2710. The summed E-state index contributed by atoms with van der Waals surface area (Å²) < 4.78 is 11.4. The Balaban J connectivity index is 1.17. The fourth-order valence-corrected chi connectivity index (χ4v) is 19.5. The summed E-state index contributed by atoms with van der Waals surface area (Å²) in [6.45, 7) is 9.21. The number of aromatic nitrogens is 8. The summed E-state index contributed by atoms with van der Waals surface area (Å²) in [6, 6.07) is 9.80. The molecule has 362 valence electrons. The topological polar surface area (TPSA) is 109 Å². The third-order valence-corrected chi connectivity index (χ3v) is 23.9. The van der Waals surface area contributed by atoms with Crippen molar-refractivity contribution in [2.45, 2.75) is 207 Å². The first-order valence-corrected chi connectivity index (χ1v) is 33.7. The van der Waals surface area contributed by atoms with Gasteiger partial charge in [0.15, 0.2) is 0 Å². The second kappa shape index (κ2) is 25.1. The molecule has 9 heterocycles. The number of nitrogens with zero attached hydrogens (tertiary/aromatic N) is 6. The van der Waals surface area contributed by atoms with Gasteiger partial charge >= 0.3 is 433 Å². The van der Waals surface area contributed by atoms with Crippen molar-refractivity contribution in [3.05, 3.63) is 42.0 Å². The van der Waals surface area contributed by atoms with Crippen molar-refractivity contribution in [1.29, 1.82) is 0 Å². The Morgan fingerprint density at radius 1 is 0.324 bits per heavy atom. The molecule has 0 fully saturated rings. The van der Waals surface area contributed by atoms with E-state index >= 15 is 0 Å². The number of H-pyrrole nitrogens is 2. The molecule has 68 heavy (non-hydrogen) atoms. The first-order chi connectivity index (χ1) is 33.5. The van der Waals surface area contributed by atoms with E-state index in [0.29, 0.717) is 0 Å². The zero-order valence-electron chi connectivity index (χ0n) is 41.4. The fraction of sp³-hybridized carbons (Fsp3) is 0.571. The molecule has 0 unspecified atom stereocenters. The average Bonchev–Trinajstić information content (AvgIpc) is 4.22. The summed E-state index contributed by atoms with van der Waals surface area (Å²) in [7, 11) is 0. The van der Waals surface area contributed by atoms with E-state index in [2.05, 4.69) is 61.9 Å². The van der Waals surface area contributed by atoms with Crippen LogP contribution in [0.4, 0.5) is 0 Å². The van der Waals surface area contributed by atoms with Gasteiger partial charge in [-0.1, -0.05) is 0 Å². The molecule has 7 aromatic heterocycles. The zero-order valence-corrected chi connectivity index (χ0v) is 48.3. The molecular weight excluding hydrogens is 1100 g/mol. The van der Waals surface area contributed by atoms with Gasteiger partial charge in [0.05, 0.1) is 0 Å². The van der Waals surface area contributed by atoms with Crippen molar-refractivity contribution in [2.75, 3.05) is 0 Å². The Labute approximate surface area is 429 Å². The molecule has 0 radical (unpaired) electrons. The first kappa shape index (κ1) is 50.3. The monoisotopic (exact) mass is 1180 g/mol. The van der Waals surface area contributed by atoms with Crippen molar-refractivity contribution < 1.29 is 0 Å². The van der Waals surface area contributed by atoms with Gasteiger partial charge in [-0.15, -0.1) is 0 Å². The molecule has 2 N–H and O–H groups in total. The normalized spacial score (nSPS) is 12.3. The molecular formula is C56H74N8Se4. The van der Waals surface area contributed by atoms with Crippen LogP contribution in [0.25, 0.3) is 85.2 Å². The second-order valence-corrected chi connectivity index (χ2v) is 29.0. The zero-order chi connectivity index (χ0) is 46.7. The molecule has 9 rings (SSSR count). The first-order valence-electron chi connectivity index (χ1n) is 26.9. The number of aromatic amines is 2. The SMILES string of the molecule is CCCCCCCCc1cc2c([se]1)-c1nc-2nc2[nH]c(nc3[nH]c(nc4nc(n1)-c1[se]c(CCCCCCCC)cc1-4)c1[se]c(CCCCCCCC)cc31)c1[se]c(CCCCCCCC)cc21. The molecule has 0 aromatic carbocycles. The number of aryl methyl sites for hydroxylation is 4. The molecule has 2 aliphatic rings. The molecule has 0 amide bonds. The van der Waals surface area contributed by atoms with Crippen LogP contribution < -0.4 is 0 Å². The van der Waals surface area contributed by atoms with E-state index in [1.165, 1.54) is 193 Å². The number of hydrogen-bond acceptors (Lipinski definition) is 6. The summed E-state index contributed by atoms with van der Waals surface area (Å²) in [6.07, 6.45) is 36.1. The van der Waals surface area contributed by atoms with E-state index in [1.54, 1.807) is 17.7 Å². The van der Waals surface area contributed by atoms with Gasteiger partial charge in [-0.25, -0.2) is 0 Å². The van der Waals surface area contributed by atoms with Crippen LogP contribution in [-0.2, 0) is 25.7 Å². The van der Waals surface area contributed by atoms with Crippen LogP contribution in [0.3, 0.4) is 0 Å². The van der Waals surface area contributed by atoms with Gasteiger partial charge in [0.2, 0.25) is 0 Å². The Morgan fingerprint density at radius 3 is 1.06 bits per heavy atom. The number of unbranched alkanes of at least 4 members (excludes halogenated alkanes) is 20. The van der Waals surface area contributed by atoms with Crippen LogP contribution in [0, 0.1) is 0 Å². The molecule has 7 aromatic rings. The van der Waals surface area contributed by atoms with Gasteiger partial charge < -0.3 is 0 Å². The van der Waals surface area contributed by atoms with Crippen LogP contribution in [-0.4, -0.2) is 97.9 Å². The van der Waals surface area contributed by atoms with Gasteiger partial charge in [-0.05, 0) is 0 Å². The van der Waals surface area contributed by atoms with E-state index in [-0.39, 0.29) is 58.0 Å². The van der Waals surface area contributed by atoms with Crippen molar-refractivity contribution >= 4 is 99.9 Å². The van der Waals surface area contributed by atoms with E-state index < -0.39 is 0 Å². The molecule has 0 atom stereocenters. The van der Waals surface area contributed by atoms with E-state index in [9.17, 15) is 0 Å². The summed E-state index contributed by atoms with van der Waals surface area (Å²) in [5.41, 5.74) is 6.03. The van der Waals surface area contributed by atoms with Crippen LogP contribution in [0.1, 0.15) is 200 Å². The average molecular weight is 1180 g/mol. The van der Waals surface area contributed by atoms with E-state index in [4.69, 9.17) is 29.9 Å². The molecule has 0 aliphatic carbocycles. The Hall–Kier alpha value is -2.64. The fourth-order valence-electron chi connectivity index (χ4n) is 9.92. The summed E-state index contributed by atoms with van der Waals surface area (Å²) in [4.78, 5) is 40.4. The standard InChI is InChI=1S/C56H74N8Se4/c1-5-9-13-17-21-25-29-37-33-41-45(65-37)53-58-49(41)57-50-42-34-38(30-26-22-18-14-10-6-2)67-47(42)55(59-50)64-56-48-44(36-40(68-48)32-28-24-20-16-12-8-4)52(63-56)62-54-46-43(51(60-53)61-54)35-39(66-46)31-27-23-19-15-11-7-3/h33-36H,5-32H2,1-4H3,(H2,57,58,59,60,61,62,63,64). The Kier molecular flexibility index (Phi) is 18.6. The molecule has 0 saturated carbocycles. The summed E-state index contributed by atoms with van der Waals surface area (Å²) in [5, 5.41) is 2.44. The van der Waals surface area contributed by atoms with Crippen molar-refractivity contribution in [1.82, 2.24) is 39.9 Å². The van der Waals surface area contributed by atoms with Crippen LogP contribution in [0.15, 0.2) is 24.3 Å². The quantitative estimate of drug-likeness (QED) is 0.0374. The van der Waals surface area contributed by atoms with Crippen molar-refractivity contribution in [2.24, 2.45) is 0 Å². The minimum absolute atomic E-state index is 0.158. The van der Waals surface area contributed by atoms with Gasteiger partial charge in [0, 0.05) is 0 Å².